The molecule has 0 aliphatic carbocycles. The van der Waals surface area contributed by atoms with Crippen molar-refractivity contribution in [3.63, 3.8) is 0 Å². The number of benzene rings is 2. The maximum absolute atomic E-state index is 4.90. The summed E-state index contributed by atoms with van der Waals surface area (Å²) >= 11 is 0. The van der Waals surface area contributed by atoms with Crippen molar-refractivity contribution in [3.05, 3.63) is 237 Å². The number of nitrogens with zero attached hydrogens (tertiary/aromatic N) is 4. The van der Waals surface area contributed by atoms with Gasteiger partial charge < -0.3 is 19.9 Å². The van der Waals surface area contributed by atoms with E-state index in [0.717, 1.165) is 111 Å². The highest BCUT2D eigenvalue weighted by molar-refractivity contribution is 5.89. The minimum Gasteiger partial charge on any atom is -0.354 e. The molecule has 11 rings (SSSR count). The molecule has 272 valence electrons. The van der Waals surface area contributed by atoms with Crippen molar-refractivity contribution >= 4 is 56.5 Å². The van der Waals surface area contributed by atoms with Crippen LogP contribution in [0.5, 0.6) is 0 Å². The second-order valence-corrected chi connectivity index (χ2v) is 14.0. The number of pyridine rings is 4. The van der Waals surface area contributed by atoms with E-state index in [4.69, 9.17) is 9.97 Å². The normalized spacial score (nSPS) is 12.6. The van der Waals surface area contributed by atoms with Gasteiger partial charge in [-0.25, -0.2) is 0 Å². The van der Waals surface area contributed by atoms with Crippen molar-refractivity contribution in [3.8, 4) is 0 Å². The van der Waals surface area contributed by atoms with Crippen molar-refractivity contribution in [2.75, 3.05) is 0 Å². The van der Waals surface area contributed by atoms with Crippen molar-refractivity contribution in [1.29, 1.82) is 0 Å². The minimum absolute atomic E-state index is 0. The number of fused-ring (bicyclic) bond motifs is 10. The van der Waals surface area contributed by atoms with E-state index >= 15 is 0 Å². The molecule has 0 unspecified atom stereocenters. The van der Waals surface area contributed by atoms with E-state index in [-0.39, 0.29) is 12.4 Å². The number of aromatic nitrogens is 8. The van der Waals surface area contributed by atoms with Gasteiger partial charge in [-0.1, -0.05) is 48.5 Å². The highest BCUT2D eigenvalue weighted by Gasteiger charge is 2.19. The second kappa shape index (κ2) is 13.9. The summed E-state index contributed by atoms with van der Waals surface area (Å²) in [5, 5.41) is 5.93. The molecular weight excluding hydrogens is 724 g/mol. The average molecular weight is 757 g/mol. The zero-order valence-corrected chi connectivity index (χ0v) is 31.2. The number of rotatable bonds is 4. The lowest BCUT2D eigenvalue weighted by molar-refractivity contribution is 1.18. The van der Waals surface area contributed by atoms with Crippen molar-refractivity contribution < 1.29 is 0 Å². The molecule has 0 radical (unpaired) electrons. The van der Waals surface area contributed by atoms with Crippen molar-refractivity contribution in [2.24, 2.45) is 0 Å². The zero-order valence-electron chi connectivity index (χ0n) is 30.4. The van der Waals surface area contributed by atoms with E-state index in [2.05, 4.69) is 127 Å². The molecule has 57 heavy (non-hydrogen) atoms. The summed E-state index contributed by atoms with van der Waals surface area (Å²) in [6.45, 7) is 0. The number of H-pyrrole nitrogens is 4. The van der Waals surface area contributed by atoms with Crippen LogP contribution in [0, 0.1) is 0 Å². The Morgan fingerprint density at radius 1 is 0.333 bits per heavy atom. The monoisotopic (exact) mass is 756 g/mol. The number of halogens is 1. The van der Waals surface area contributed by atoms with E-state index in [0.29, 0.717) is 0 Å². The Kier molecular flexibility index (Phi) is 8.31. The number of aromatic amines is 4. The molecule has 9 heterocycles. The first kappa shape index (κ1) is 34.0. The molecule has 8 nitrogen and oxygen atoms in total. The highest BCUT2D eigenvalue weighted by Crippen LogP contribution is 2.29. The first-order valence-corrected chi connectivity index (χ1v) is 18.5. The van der Waals surface area contributed by atoms with Crippen LogP contribution in [0.2, 0.25) is 0 Å². The molecule has 0 saturated carbocycles. The van der Waals surface area contributed by atoms with Crippen LogP contribution in [-0.4, -0.2) is 39.9 Å². The Bertz CT molecular complexity index is 3150. The standard InChI is InChI=1S/C48H32N8.ClH/c1-3-11-35-29(7-1)23-33(27-51-35)47-41-17-15-39(54-41)45(31-9-5-21-49-25-31)37-13-14-38(53-37)46(32-10-6-22-50-26-32)40-16-18-42(55-40)48(44-20-19-43(47)56-44)34-24-30-8-2-4-12-36(30)52-28-34;/h1-28,53-56H;1H. The van der Waals surface area contributed by atoms with Crippen LogP contribution in [0.1, 0.15) is 45.0 Å². The molecular formula is C48H33ClN8. The molecule has 8 bridgehead atoms. The summed E-state index contributed by atoms with van der Waals surface area (Å²) in [5.74, 6) is 0. The van der Waals surface area contributed by atoms with Crippen LogP contribution in [0.3, 0.4) is 0 Å². The Balaban J connectivity index is 0.00000396. The summed E-state index contributed by atoms with van der Waals surface area (Å²) in [6.07, 6.45) is 11.4. The summed E-state index contributed by atoms with van der Waals surface area (Å²) in [7, 11) is 0. The van der Waals surface area contributed by atoms with Gasteiger partial charge in [-0.2, -0.15) is 0 Å². The zero-order chi connectivity index (χ0) is 37.0. The Labute approximate surface area is 332 Å². The molecule has 8 aromatic heterocycles. The van der Waals surface area contributed by atoms with Gasteiger partial charge in [0.1, 0.15) is 0 Å². The fraction of sp³-hybridized carbons (Fsp3) is 0. The van der Waals surface area contributed by atoms with Crippen LogP contribution < -0.4 is 21.4 Å². The highest BCUT2D eigenvalue weighted by atomic mass is 35.5. The lowest BCUT2D eigenvalue weighted by atomic mass is 10.0. The predicted octanol–water partition coefficient (Wildman–Crippen LogP) is 6.61. The lowest BCUT2D eigenvalue weighted by Crippen LogP contribution is -2.19. The Morgan fingerprint density at radius 3 is 1.11 bits per heavy atom. The van der Waals surface area contributed by atoms with Gasteiger partial charge in [0.05, 0.1) is 11.0 Å². The molecule has 4 N–H and O–H groups in total. The molecule has 10 aromatic rings. The van der Waals surface area contributed by atoms with Crippen LogP contribution in [0.4, 0.5) is 0 Å². The van der Waals surface area contributed by atoms with Gasteiger partial charge in [-0.15, -0.1) is 12.4 Å². The summed E-state index contributed by atoms with van der Waals surface area (Å²) in [6, 6.07) is 46.2. The third kappa shape index (κ3) is 5.96. The van der Waals surface area contributed by atoms with Crippen LogP contribution >= 0.6 is 12.4 Å². The summed E-state index contributed by atoms with van der Waals surface area (Å²) in [5.41, 5.74) is 13.7. The molecule has 0 saturated heterocycles. The molecule has 1 aliphatic rings. The van der Waals surface area contributed by atoms with Crippen LogP contribution in [0.25, 0.3) is 44.1 Å². The topological polar surface area (TPSA) is 115 Å². The number of nitrogens with one attached hydrogen (secondary N) is 4. The molecule has 1 aliphatic heterocycles. The van der Waals surface area contributed by atoms with E-state index in [1.807, 2.05) is 61.2 Å². The molecule has 0 amide bonds. The maximum atomic E-state index is 4.90. The third-order valence-corrected chi connectivity index (χ3v) is 10.6. The van der Waals surface area contributed by atoms with Gasteiger partial charge in [0.25, 0.3) is 0 Å². The molecule has 9 heteroatoms. The number of para-hydroxylation sites is 2. The fourth-order valence-corrected chi connectivity index (χ4v) is 8.01. The molecule has 0 fully saturated rings. The maximum Gasteiger partial charge on any atom is 0.0702 e. The quantitative estimate of drug-likeness (QED) is 0.162. The second-order valence-electron chi connectivity index (χ2n) is 14.0. The van der Waals surface area contributed by atoms with E-state index < -0.39 is 0 Å². The predicted molar refractivity (Wildman–Crippen MR) is 227 cm³/mol. The molecule has 2 aromatic carbocycles. The van der Waals surface area contributed by atoms with Crippen molar-refractivity contribution in [1.82, 2.24) is 39.9 Å². The minimum atomic E-state index is 0. The largest absolute Gasteiger partial charge is 0.354 e. The summed E-state index contributed by atoms with van der Waals surface area (Å²) in [4.78, 5) is 34.2. The van der Waals surface area contributed by atoms with Gasteiger partial charge in [0.2, 0.25) is 0 Å². The Morgan fingerprint density at radius 2 is 0.719 bits per heavy atom. The van der Waals surface area contributed by atoms with Crippen LogP contribution in [-0.2, 0) is 0 Å². The van der Waals surface area contributed by atoms with Crippen molar-refractivity contribution in [2.45, 2.75) is 0 Å². The lowest BCUT2D eigenvalue weighted by Gasteiger charge is -2.10. The SMILES string of the molecule is Cl.c1cncc(C2=c3ccc([nH]3)=C(c3cnc4ccccc4c3)c3ccc([nH]3)C(c3cnc4ccccc4c3)=c3ccc([nH]3)=C(c3cccnc3)c3ccc2[nH]3)c1. The van der Waals surface area contributed by atoms with Crippen LogP contribution in [0.15, 0.2) is 171 Å². The fourth-order valence-electron chi connectivity index (χ4n) is 8.01. The van der Waals surface area contributed by atoms with Gasteiger partial charge in [0.15, 0.2) is 0 Å². The van der Waals surface area contributed by atoms with E-state index in [9.17, 15) is 0 Å². The van der Waals surface area contributed by atoms with Gasteiger partial charge in [-0.3, -0.25) is 19.9 Å². The van der Waals surface area contributed by atoms with Gasteiger partial charge >= 0.3 is 0 Å². The number of hydrogen-bond acceptors (Lipinski definition) is 4. The molecule has 0 spiro atoms. The third-order valence-electron chi connectivity index (χ3n) is 10.6. The van der Waals surface area contributed by atoms with E-state index in [1.54, 1.807) is 12.4 Å². The van der Waals surface area contributed by atoms with Gasteiger partial charge in [-0.05, 0) is 84.9 Å². The first-order chi connectivity index (χ1) is 27.7. The smallest absolute Gasteiger partial charge is 0.0702 e. The van der Waals surface area contributed by atoms with Gasteiger partial charge in [0, 0.05) is 137 Å². The Hall–Kier alpha value is -7.55. The first-order valence-electron chi connectivity index (χ1n) is 18.5. The summed E-state index contributed by atoms with van der Waals surface area (Å²) < 4.78 is 0. The number of hydrogen-bond donors (Lipinski definition) is 4. The van der Waals surface area contributed by atoms with E-state index in [1.165, 1.54) is 0 Å². The average Bonchev–Trinajstić information content (AvgIpc) is 4.10. The molecule has 0 atom stereocenters.